The normalized spacial score (nSPS) is 11.0. The Balaban J connectivity index is 1.78. The van der Waals surface area contributed by atoms with E-state index in [0.717, 1.165) is 33.7 Å². The lowest BCUT2D eigenvalue weighted by atomic mass is 10.0. The number of aromatic amines is 1. The van der Waals surface area contributed by atoms with Gasteiger partial charge in [0.05, 0.1) is 17.8 Å². The predicted octanol–water partition coefficient (Wildman–Crippen LogP) is 3.15. The summed E-state index contributed by atoms with van der Waals surface area (Å²) >= 11 is 0. The third-order valence-corrected chi connectivity index (χ3v) is 3.76. The molecule has 0 aliphatic rings. The van der Waals surface area contributed by atoms with Gasteiger partial charge in [-0.05, 0) is 41.5 Å². The topological polar surface area (TPSA) is 80.5 Å². The van der Waals surface area contributed by atoms with Gasteiger partial charge in [0.25, 0.3) is 0 Å². The maximum absolute atomic E-state index is 5.62. The van der Waals surface area contributed by atoms with Gasteiger partial charge in [0.15, 0.2) is 5.65 Å². The lowest BCUT2D eigenvalue weighted by Crippen LogP contribution is -1.97. The summed E-state index contributed by atoms with van der Waals surface area (Å²) in [6.45, 7) is 0.378. The lowest BCUT2D eigenvalue weighted by Gasteiger charge is -2.05. The van der Waals surface area contributed by atoms with Gasteiger partial charge in [-0.15, -0.1) is 0 Å². The van der Waals surface area contributed by atoms with Crippen molar-refractivity contribution in [2.24, 2.45) is 5.73 Å². The van der Waals surface area contributed by atoms with Gasteiger partial charge < -0.3 is 10.7 Å². The zero-order valence-corrected chi connectivity index (χ0v) is 12.4. The molecule has 0 spiro atoms. The molecule has 3 aromatic heterocycles. The molecule has 0 radical (unpaired) electrons. The molecule has 23 heavy (non-hydrogen) atoms. The van der Waals surface area contributed by atoms with Crippen molar-refractivity contribution in [3.05, 3.63) is 66.7 Å². The van der Waals surface area contributed by atoms with Crippen molar-refractivity contribution in [1.29, 1.82) is 0 Å². The van der Waals surface area contributed by atoms with Gasteiger partial charge in [-0.2, -0.15) is 0 Å². The molecule has 0 bridgehead atoms. The van der Waals surface area contributed by atoms with Gasteiger partial charge in [-0.3, -0.25) is 4.98 Å². The van der Waals surface area contributed by atoms with Crippen molar-refractivity contribution < 1.29 is 0 Å². The average molecular weight is 301 g/mol. The SMILES string of the molecule is NCc1nc2nc(-c3cccc(-c4ccncc4)c3)ccc2[nH]1. The van der Waals surface area contributed by atoms with Gasteiger partial charge in [0.1, 0.15) is 5.82 Å². The first-order valence-electron chi connectivity index (χ1n) is 7.40. The second-order valence-corrected chi connectivity index (χ2v) is 5.27. The summed E-state index contributed by atoms with van der Waals surface area (Å²) in [5.74, 6) is 0.746. The molecule has 0 saturated carbocycles. The molecule has 0 saturated heterocycles. The van der Waals surface area contributed by atoms with Crippen LogP contribution in [0.2, 0.25) is 0 Å². The molecule has 3 heterocycles. The van der Waals surface area contributed by atoms with Crippen LogP contribution in [0.5, 0.6) is 0 Å². The van der Waals surface area contributed by atoms with Crippen LogP contribution in [-0.4, -0.2) is 19.9 Å². The monoisotopic (exact) mass is 301 g/mol. The molecule has 5 heteroatoms. The summed E-state index contributed by atoms with van der Waals surface area (Å²) < 4.78 is 0. The number of H-pyrrole nitrogens is 1. The van der Waals surface area contributed by atoms with Gasteiger partial charge >= 0.3 is 0 Å². The Bertz CT molecular complexity index is 959. The molecule has 0 aliphatic heterocycles. The lowest BCUT2D eigenvalue weighted by molar-refractivity contribution is 0.956. The Hall–Kier alpha value is -3.05. The second kappa shape index (κ2) is 5.62. The van der Waals surface area contributed by atoms with Crippen LogP contribution < -0.4 is 5.73 Å². The van der Waals surface area contributed by atoms with E-state index in [1.165, 1.54) is 0 Å². The molecule has 5 nitrogen and oxygen atoms in total. The Morgan fingerprint density at radius 1 is 0.870 bits per heavy atom. The number of nitrogens with two attached hydrogens (primary N) is 1. The third kappa shape index (κ3) is 2.58. The number of fused-ring (bicyclic) bond motifs is 1. The summed E-state index contributed by atoms with van der Waals surface area (Å²) in [6, 6.07) is 16.3. The second-order valence-electron chi connectivity index (χ2n) is 5.27. The van der Waals surface area contributed by atoms with Gasteiger partial charge in [-0.1, -0.05) is 18.2 Å². The molecule has 4 rings (SSSR count). The number of rotatable bonds is 3. The summed E-state index contributed by atoms with van der Waals surface area (Å²) in [7, 11) is 0. The number of nitrogens with zero attached hydrogens (tertiary/aromatic N) is 3. The number of aromatic nitrogens is 4. The fourth-order valence-electron chi connectivity index (χ4n) is 2.60. The standard InChI is InChI=1S/C18H15N5/c19-11-17-21-16-5-4-15(22-18(16)23-17)14-3-1-2-13(10-14)12-6-8-20-9-7-12/h1-10H,11,19H2,(H,21,22,23). The van der Waals surface area contributed by atoms with Crippen LogP contribution in [0.1, 0.15) is 5.82 Å². The predicted molar refractivity (Wildman–Crippen MR) is 90.4 cm³/mol. The third-order valence-electron chi connectivity index (χ3n) is 3.76. The van der Waals surface area contributed by atoms with E-state index in [0.29, 0.717) is 12.2 Å². The largest absolute Gasteiger partial charge is 0.340 e. The minimum atomic E-state index is 0.378. The number of benzene rings is 1. The Labute approximate surface area is 133 Å². The molecule has 0 atom stereocenters. The highest BCUT2D eigenvalue weighted by Crippen LogP contribution is 2.26. The summed E-state index contributed by atoms with van der Waals surface area (Å²) in [5.41, 5.74) is 11.4. The van der Waals surface area contributed by atoms with Crippen LogP contribution in [-0.2, 0) is 6.54 Å². The maximum Gasteiger partial charge on any atom is 0.178 e. The number of hydrogen-bond donors (Lipinski definition) is 2. The van der Waals surface area contributed by atoms with Crippen LogP contribution in [0.25, 0.3) is 33.5 Å². The zero-order chi connectivity index (χ0) is 15.6. The zero-order valence-electron chi connectivity index (χ0n) is 12.4. The van der Waals surface area contributed by atoms with Crippen molar-refractivity contribution in [3.8, 4) is 22.4 Å². The van der Waals surface area contributed by atoms with E-state index in [9.17, 15) is 0 Å². The molecule has 0 amide bonds. The van der Waals surface area contributed by atoms with Crippen LogP contribution in [0.4, 0.5) is 0 Å². The number of hydrogen-bond acceptors (Lipinski definition) is 4. The van der Waals surface area contributed by atoms with E-state index in [4.69, 9.17) is 5.73 Å². The smallest absolute Gasteiger partial charge is 0.178 e. The van der Waals surface area contributed by atoms with E-state index >= 15 is 0 Å². The highest BCUT2D eigenvalue weighted by molar-refractivity contribution is 5.77. The summed E-state index contributed by atoms with van der Waals surface area (Å²) in [5, 5.41) is 0. The molecule has 0 fully saturated rings. The number of nitrogens with one attached hydrogen (secondary N) is 1. The first-order valence-corrected chi connectivity index (χ1v) is 7.40. The fourth-order valence-corrected chi connectivity index (χ4v) is 2.60. The Morgan fingerprint density at radius 2 is 1.70 bits per heavy atom. The van der Waals surface area contributed by atoms with E-state index in [1.807, 2.05) is 30.3 Å². The van der Waals surface area contributed by atoms with E-state index in [2.05, 4.69) is 38.1 Å². The molecular weight excluding hydrogens is 286 g/mol. The van der Waals surface area contributed by atoms with Crippen molar-refractivity contribution >= 4 is 11.2 Å². The molecule has 112 valence electrons. The molecular formula is C18H15N5. The molecule has 4 aromatic rings. The first-order chi connectivity index (χ1) is 11.3. The van der Waals surface area contributed by atoms with E-state index in [-0.39, 0.29) is 0 Å². The van der Waals surface area contributed by atoms with E-state index < -0.39 is 0 Å². The molecule has 3 N–H and O–H groups in total. The average Bonchev–Trinajstić information content (AvgIpc) is 3.05. The van der Waals surface area contributed by atoms with Crippen LogP contribution in [0, 0.1) is 0 Å². The highest BCUT2D eigenvalue weighted by Gasteiger charge is 2.07. The summed E-state index contributed by atoms with van der Waals surface area (Å²) in [6.07, 6.45) is 3.59. The van der Waals surface area contributed by atoms with Crippen molar-refractivity contribution in [2.75, 3.05) is 0 Å². The van der Waals surface area contributed by atoms with Crippen molar-refractivity contribution in [1.82, 2.24) is 19.9 Å². The van der Waals surface area contributed by atoms with Crippen molar-refractivity contribution in [2.45, 2.75) is 6.54 Å². The van der Waals surface area contributed by atoms with E-state index in [1.54, 1.807) is 12.4 Å². The van der Waals surface area contributed by atoms with Crippen molar-refractivity contribution in [3.63, 3.8) is 0 Å². The molecule has 1 aromatic carbocycles. The fraction of sp³-hybridized carbons (Fsp3) is 0.0556. The molecule has 0 aliphatic carbocycles. The Kier molecular flexibility index (Phi) is 3.33. The first kappa shape index (κ1) is 13.6. The van der Waals surface area contributed by atoms with Crippen LogP contribution >= 0.6 is 0 Å². The number of imidazole rings is 1. The van der Waals surface area contributed by atoms with Crippen LogP contribution in [0.15, 0.2) is 60.9 Å². The minimum Gasteiger partial charge on any atom is -0.340 e. The molecule has 0 unspecified atom stereocenters. The highest BCUT2D eigenvalue weighted by atomic mass is 15.0. The quantitative estimate of drug-likeness (QED) is 0.609. The maximum atomic E-state index is 5.62. The van der Waals surface area contributed by atoms with Gasteiger partial charge in [0, 0.05) is 18.0 Å². The summed E-state index contributed by atoms with van der Waals surface area (Å²) in [4.78, 5) is 16.3. The Morgan fingerprint density at radius 3 is 2.52 bits per heavy atom. The number of pyridine rings is 2. The van der Waals surface area contributed by atoms with Gasteiger partial charge in [0.2, 0.25) is 0 Å². The minimum absolute atomic E-state index is 0.378. The van der Waals surface area contributed by atoms with Crippen LogP contribution in [0.3, 0.4) is 0 Å². The van der Waals surface area contributed by atoms with Gasteiger partial charge in [-0.25, -0.2) is 9.97 Å².